The Morgan fingerprint density at radius 2 is 2.26 bits per heavy atom. The first-order valence-corrected chi connectivity index (χ1v) is 7.16. The molecule has 1 heterocycles. The van der Waals surface area contributed by atoms with Crippen LogP contribution in [0.25, 0.3) is 10.9 Å². The zero-order valence-electron chi connectivity index (χ0n) is 10.5. The van der Waals surface area contributed by atoms with E-state index in [2.05, 4.69) is 32.9 Å². The van der Waals surface area contributed by atoms with Crippen LogP contribution in [0.5, 0.6) is 0 Å². The Morgan fingerprint density at radius 3 is 2.89 bits per heavy atom. The number of fused-ring (bicyclic) bond motifs is 1. The smallest absolute Gasteiger partial charge is 0.341 e. The van der Waals surface area contributed by atoms with Crippen molar-refractivity contribution < 1.29 is 9.53 Å². The largest absolute Gasteiger partial charge is 0.462 e. The molecular weight excluding hydrogens is 379 g/mol. The lowest BCUT2D eigenvalue weighted by Gasteiger charge is -2.12. The molecule has 0 aliphatic heterocycles. The van der Waals surface area contributed by atoms with E-state index in [4.69, 9.17) is 16.3 Å². The van der Waals surface area contributed by atoms with Gasteiger partial charge in [0.1, 0.15) is 5.56 Å². The second kappa shape index (κ2) is 5.92. The molecular formula is C13H12ClIN2O2. The van der Waals surface area contributed by atoms with E-state index in [1.165, 1.54) is 6.20 Å². The van der Waals surface area contributed by atoms with E-state index in [0.717, 1.165) is 14.5 Å². The van der Waals surface area contributed by atoms with E-state index in [0.29, 0.717) is 22.9 Å². The van der Waals surface area contributed by atoms with Crippen LogP contribution in [-0.4, -0.2) is 24.6 Å². The molecule has 19 heavy (non-hydrogen) atoms. The maximum Gasteiger partial charge on any atom is 0.341 e. The quantitative estimate of drug-likeness (QED) is 0.641. The van der Waals surface area contributed by atoms with Gasteiger partial charge in [-0.15, -0.1) is 0 Å². The minimum Gasteiger partial charge on any atom is -0.462 e. The first kappa shape index (κ1) is 14.3. The van der Waals surface area contributed by atoms with Crippen molar-refractivity contribution in [2.75, 3.05) is 19.0 Å². The van der Waals surface area contributed by atoms with E-state index in [-0.39, 0.29) is 0 Å². The monoisotopic (exact) mass is 390 g/mol. The third-order valence-electron chi connectivity index (χ3n) is 2.63. The molecule has 100 valence electrons. The number of nitrogens with one attached hydrogen (secondary N) is 1. The molecule has 0 saturated carbocycles. The first-order valence-electron chi connectivity index (χ1n) is 5.71. The number of anilines is 1. The van der Waals surface area contributed by atoms with Crippen LogP contribution >= 0.6 is 34.2 Å². The average molecular weight is 391 g/mol. The van der Waals surface area contributed by atoms with Crippen molar-refractivity contribution in [1.82, 2.24) is 4.98 Å². The summed E-state index contributed by atoms with van der Waals surface area (Å²) in [5.41, 5.74) is 1.90. The third kappa shape index (κ3) is 2.76. The number of halogens is 2. The van der Waals surface area contributed by atoms with Crippen LogP contribution < -0.4 is 5.32 Å². The number of hydrogen-bond acceptors (Lipinski definition) is 4. The van der Waals surface area contributed by atoms with Crippen LogP contribution in [0.3, 0.4) is 0 Å². The lowest BCUT2D eigenvalue weighted by Crippen LogP contribution is -2.09. The number of carbonyl (C=O) groups is 1. The van der Waals surface area contributed by atoms with Crippen molar-refractivity contribution >= 4 is 56.8 Å². The summed E-state index contributed by atoms with van der Waals surface area (Å²) in [7, 11) is 1.76. The molecule has 2 aromatic rings. The van der Waals surface area contributed by atoms with Gasteiger partial charge in [0.05, 0.1) is 17.8 Å². The second-order valence-electron chi connectivity index (χ2n) is 3.80. The summed E-state index contributed by atoms with van der Waals surface area (Å²) in [6, 6.07) is 3.63. The Bertz CT molecular complexity index is 646. The molecule has 0 amide bonds. The van der Waals surface area contributed by atoms with E-state index in [9.17, 15) is 4.79 Å². The highest BCUT2D eigenvalue weighted by atomic mass is 127. The van der Waals surface area contributed by atoms with Crippen LogP contribution in [-0.2, 0) is 4.74 Å². The van der Waals surface area contributed by atoms with E-state index in [1.807, 2.05) is 6.07 Å². The summed E-state index contributed by atoms with van der Waals surface area (Å²) < 4.78 is 5.96. The molecule has 6 heteroatoms. The van der Waals surface area contributed by atoms with Crippen LogP contribution in [0.4, 0.5) is 5.69 Å². The fourth-order valence-corrected chi connectivity index (χ4v) is 3.03. The Labute approximate surface area is 129 Å². The fraction of sp³-hybridized carbons (Fsp3) is 0.231. The van der Waals surface area contributed by atoms with Gasteiger partial charge in [0, 0.05) is 27.2 Å². The minimum absolute atomic E-state index is 0.326. The van der Waals surface area contributed by atoms with Gasteiger partial charge < -0.3 is 10.1 Å². The van der Waals surface area contributed by atoms with Crippen LogP contribution in [0, 0.1) is 3.57 Å². The SMILES string of the molecule is CCOC(=O)c1cnc2c(I)cc(Cl)cc2c1NC. The second-order valence-corrected chi connectivity index (χ2v) is 5.40. The van der Waals surface area contributed by atoms with Gasteiger partial charge in [0.25, 0.3) is 0 Å². The van der Waals surface area contributed by atoms with Crippen LogP contribution in [0.15, 0.2) is 18.3 Å². The number of ether oxygens (including phenoxy) is 1. The van der Waals surface area contributed by atoms with Gasteiger partial charge in [0.15, 0.2) is 0 Å². The Kier molecular flexibility index (Phi) is 4.46. The summed E-state index contributed by atoms with van der Waals surface area (Å²) in [5.74, 6) is -0.392. The van der Waals surface area contributed by atoms with Gasteiger partial charge in [-0.25, -0.2) is 4.79 Å². The van der Waals surface area contributed by atoms with Gasteiger partial charge in [-0.05, 0) is 41.6 Å². The van der Waals surface area contributed by atoms with Crippen LogP contribution in [0.2, 0.25) is 5.02 Å². The minimum atomic E-state index is -0.392. The molecule has 0 aliphatic carbocycles. The van der Waals surface area contributed by atoms with Crippen molar-refractivity contribution in [2.45, 2.75) is 6.92 Å². The molecule has 0 atom stereocenters. The number of hydrogen-bond donors (Lipinski definition) is 1. The lowest BCUT2D eigenvalue weighted by molar-refractivity contribution is 0.0527. The zero-order chi connectivity index (χ0) is 14.0. The van der Waals surface area contributed by atoms with Gasteiger partial charge in [-0.3, -0.25) is 4.98 Å². The number of aromatic nitrogens is 1. The lowest BCUT2D eigenvalue weighted by atomic mass is 10.1. The Balaban J connectivity index is 2.72. The predicted molar refractivity (Wildman–Crippen MR) is 85.0 cm³/mol. The zero-order valence-corrected chi connectivity index (χ0v) is 13.4. The molecule has 0 bridgehead atoms. The molecule has 4 nitrogen and oxygen atoms in total. The maximum absolute atomic E-state index is 11.9. The van der Waals surface area contributed by atoms with Crippen molar-refractivity contribution in [3.05, 3.63) is 32.5 Å². The summed E-state index contributed by atoms with van der Waals surface area (Å²) in [5, 5.41) is 4.45. The normalized spacial score (nSPS) is 10.5. The summed E-state index contributed by atoms with van der Waals surface area (Å²) in [6.07, 6.45) is 1.53. The number of pyridine rings is 1. The maximum atomic E-state index is 11.9. The van der Waals surface area contributed by atoms with Gasteiger partial charge in [0.2, 0.25) is 0 Å². The number of rotatable bonds is 3. The molecule has 1 N–H and O–H groups in total. The topological polar surface area (TPSA) is 51.2 Å². The number of esters is 1. The Hall–Kier alpha value is -1.08. The third-order valence-corrected chi connectivity index (χ3v) is 3.68. The van der Waals surface area contributed by atoms with Crippen molar-refractivity contribution in [3.63, 3.8) is 0 Å². The molecule has 1 aromatic carbocycles. The molecule has 0 aliphatic rings. The molecule has 2 rings (SSSR count). The van der Waals surface area contributed by atoms with Gasteiger partial charge >= 0.3 is 5.97 Å². The standard InChI is InChI=1S/C13H12ClIN2O2/c1-3-19-13(18)9-6-17-12-8(11(9)16-2)4-7(14)5-10(12)15/h4-6H,3H2,1-2H3,(H,16,17). The molecule has 1 aromatic heterocycles. The van der Waals surface area contributed by atoms with E-state index >= 15 is 0 Å². The highest BCUT2D eigenvalue weighted by Crippen LogP contribution is 2.31. The summed E-state index contributed by atoms with van der Waals surface area (Å²) in [6.45, 7) is 2.10. The molecule has 0 radical (unpaired) electrons. The molecule has 0 fully saturated rings. The van der Waals surface area contributed by atoms with Crippen molar-refractivity contribution in [1.29, 1.82) is 0 Å². The highest BCUT2D eigenvalue weighted by Gasteiger charge is 2.17. The predicted octanol–water partition coefficient (Wildman–Crippen LogP) is 3.71. The average Bonchev–Trinajstić information content (AvgIpc) is 2.37. The molecule has 0 spiro atoms. The first-order chi connectivity index (χ1) is 9.08. The van der Waals surface area contributed by atoms with Crippen molar-refractivity contribution in [2.24, 2.45) is 0 Å². The summed E-state index contributed by atoms with van der Waals surface area (Å²) in [4.78, 5) is 16.2. The number of carbonyl (C=O) groups excluding carboxylic acids is 1. The summed E-state index contributed by atoms with van der Waals surface area (Å²) >= 11 is 8.24. The highest BCUT2D eigenvalue weighted by molar-refractivity contribution is 14.1. The molecule has 0 saturated heterocycles. The van der Waals surface area contributed by atoms with E-state index in [1.54, 1.807) is 20.0 Å². The van der Waals surface area contributed by atoms with E-state index < -0.39 is 5.97 Å². The number of benzene rings is 1. The van der Waals surface area contributed by atoms with Gasteiger partial charge in [-0.1, -0.05) is 11.6 Å². The van der Waals surface area contributed by atoms with Crippen molar-refractivity contribution in [3.8, 4) is 0 Å². The fourth-order valence-electron chi connectivity index (χ4n) is 1.86. The van der Waals surface area contributed by atoms with Crippen LogP contribution in [0.1, 0.15) is 17.3 Å². The molecule has 0 unspecified atom stereocenters. The number of nitrogens with zero attached hydrogens (tertiary/aromatic N) is 1. The Morgan fingerprint density at radius 1 is 1.53 bits per heavy atom. The van der Waals surface area contributed by atoms with Gasteiger partial charge in [-0.2, -0.15) is 0 Å².